The van der Waals surface area contributed by atoms with Crippen LogP contribution in [0.1, 0.15) is 18.7 Å². The second kappa shape index (κ2) is 7.97. The van der Waals surface area contributed by atoms with Gasteiger partial charge in [0.05, 0.1) is 14.0 Å². The smallest absolute Gasteiger partial charge is 0.269 e. The molecule has 0 aliphatic carbocycles. The zero-order valence-corrected chi connectivity index (χ0v) is 14.4. The summed E-state index contributed by atoms with van der Waals surface area (Å²) in [5, 5.41) is 10.4. The van der Waals surface area contributed by atoms with Crippen molar-refractivity contribution in [2.24, 2.45) is 0 Å². The van der Waals surface area contributed by atoms with Crippen molar-refractivity contribution in [3.63, 3.8) is 0 Å². The van der Waals surface area contributed by atoms with Gasteiger partial charge in [-0.15, -0.1) is 0 Å². The molecule has 1 fully saturated rings. The van der Waals surface area contributed by atoms with Gasteiger partial charge < -0.3 is 23.7 Å². The topological polar surface area (TPSA) is 65.0 Å². The van der Waals surface area contributed by atoms with Crippen molar-refractivity contribution in [3.05, 3.63) is 41.6 Å². The third kappa shape index (κ3) is 4.58. The number of benzene rings is 1. The Balaban J connectivity index is 0.00000201. The number of aryl methyl sites for hydroxylation is 1. The van der Waals surface area contributed by atoms with Crippen LogP contribution in [0.15, 0.2) is 12.1 Å². The Morgan fingerprint density at radius 3 is 2.67 bits per heavy atom. The van der Waals surface area contributed by atoms with Crippen molar-refractivity contribution >= 4 is 7.37 Å². The SMILES string of the molecule is [2H]F.[3HH].[CH2-]P(C)(=O)OC1[C@@H](COC)O[C@@H](c2cc(C)c(F)cc2F)[C@H]1O. The van der Waals surface area contributed by atoms with Crippen LogP contribution in [0.5, 0.6) is 0 Å². The molecule has 2 rings (SSSR count). The standard InChI is InChI=1S/C15H20F2O5P.FH.H2/c1-8-5-9(11(17)6-10(8)16)14-13(18)15(22-23(3,4)19)12(21-14)7-20-2;;/h5-6,12-15,18H,3,7H2,1-2,4H3;2*1H/q-1;;/t12-,13-,14+,15?,23?;;/m1../s1/i;;1+2/hD. The molecule has 1 aromatic carbocycles. The molecule has 5 nitrogen and oxygen atoms in total. The van der Waals surface area contributed by atoms with E-state index < -0.39 is 43.4 Å². The summed E-state index contributed by atoms with van der Waals surface area (Å²) in [6.45, 7) is 6.25. The third-order valence-corrected chi connectivity index (χ3v) is 4.28. The maximum atomic E-state index is 14.1. The highest BCUT2D eigenvalue weighted by molar-refractivity contribution is 7.59. The van der Waals surface area contributed by atoms with Crippen LogP contribution in [0.2, 0.25) is 0 Å². The number of aliphatic hydroxyl groups excluding tert-OH is 1. The summed E-state index contributed by atoms with van der Waals surface area (Å²) in [5.74, 6) is -1.51. The maximum Gasteiger partial charge on any atom is 0.269 e. The van der Waals surface area contributed by atoms with Gasteiger partial charge in [0.25, 0.3) is 1.45 Å². The van der Waals surface area contributed by atoms with E-state index in [0.29, 0.717) is 0 Å². The fourth-order valence-corrected chi connectivity index (χ4v) is 3.35. The number of rotatable bonds is 5. The normalized spacial score (nSPS) is 29.4. The van der Waals surface area contributed by atoms with Crippen molar-refractivity contribution in [3.8, 4) is 0 Å². The Kier molecular flexibility index (Phi) is 6.45. The minimum absolute atomic E-state index is 0. The number of methoxy groups -OCH3 is 1. The van der Waals surface area contributed by atoms with Crippen molar-refractivity contribution in [2.45, 2.75) is 31.3 Å². The van der Waals surface area contributed by atoms with E-state index in [2.05, 4.69) is 8.12 Å². The van der Waals surface area contributed by atoms with E-state index >= 15 is 0 Å². The number of ether oxygens (including phenoxy) is 2. The molecule has 1 aliphatic heterocycles. The van der Waals surface area contributed by atoms with Gasteiger partial charge in [0, 0.05) is 20.2 Å². The summed E-state index contributed by atoms with van der Waals surface area (Å²) in [4.78, 5) is 0. The van der Waals surface area contributed by atoms with Crippen LogP contribution in [0.3, 0.4) is 0 Å². The molecular formula is C15H23F3O5P-. The number of halogens is 3. The predicted octanol–water partition coefficient (Wildman–Crippen LogP) is 3.20. The van der Waals surface area contributed by atoms with Gasteiger partial charge in [0.1, 0.15) is 36.1 Å². The predicted molar refractivity (Wildman–Crippen MR) is 85.0 cm³/mol. The van der Waals surface area contributed by atoms with Crippen LogP contribution in [-0.4, -0.2) is 45.3 Å². The minimum atomic E-state index is -3.16. The quantitative estimate of drug-likeness (QED) is 0.633. The lowest BCUT2D eigenvalue weighted by atomic mass is 9.99. The Hall–Kier alpha value is -0.920. The minimum Gasteiger partial charge on any atom is -0.387 e. The van der Waals surface area contributed by atoms with Gasteiger partial charge in [-0.3, -0.25) is 11.4 Å². The van der Waals surface area contributed by atoms with Crippen molar-refractivity contribution < 1.29 is 38.6 Å². The van der Waals surface area contributed by atoms with E-state index in [1.807, 2.05) is 0 Å². The number of aliphatic hydroxyl groups is 1. The molecule has 0 bridgehead atoms. The van der Waals surface area contributed by atoms with Crippen LogP contribution in [0.4, 0.5) is 13.5 Å². The molecular weight excluding hydrogens is 348 g/mol. The Bertz CT molecular complexity index is 632. The summed E-state index contributed by atoms with van der Waals surface area (Å²) in [6.07, 6.45) is -4.10. The molecule has 1 aromatic rings. The highest BCUT2D eigenvalue weighted by Gasteiger charge is 2.47. The Morgan fingerprint density at radius 1 is 1.50 bits per heavy atom. The van der Waals surface area contributed by atoms with Crippen LogP contribution < -0.4 is 0 Å². The summed E-state index contributed by atoms with van der Waals surface area (Å²) in [5.41, 5.74) is 0.238. The van der Waals surface area contributed by atoms with Gasteiger partial charge in [-0.1, -0.05) is 0 Å². The van der Waals surface area contributed by atoms with Crippen molar-refractivity contribution in [1.82, 2.24) is 0 Å². The Morgan fingerprint density at radius 2 is 2.12 bits per heavy atom. The molecule has 24 heavy (non-hydrogen) atoms. The monoisotopic (exact) mass is 374 g/mol. The van der Waals surface area contributed by atoms with Crippen molar-refractivity contribution in [2.75, 3.05) is 20.4 Å². The number of hydrogen-bond donors (Lipinski definition) is 1. The zero-order chi connectivity index (χ0) is 19.4. The van der Waals surface area contributed by atoms with Crippen LogP contribution >= 0.6 is 7.37 Å². The maximum absolute atomic E-state index is 14.1. The van der Waals surface area contributed by atoms with Gasteiger partial charge in [0.2, 0.25) is 0 Å². The summed E-state index contributed by atoms with van der Waals surface area (Å²) >= 11 is 0. The second-order valence-corrected chi connectivity index (χ2v) is 7.99. The molecule has 1 heterocycles. The molecule has 2 unspecified atom stereocenters. The average Bonchev–Trinajstić information content (AvgIpc) is 2.81. The lowest BCUT2D eigenvalue weighted by Crippen LogP contribution is -2.35. The largest absolute Gasteiger partial charge is 0.387 e. The van der Waals surface area contributed by atoms with Crippen molar-refractivity contribution in [1.29, 1.82) is 1.45 Å². The second-order valence-electron chi connectivity index (χ2n) is 5.75. The molecule has 0 aromatic heterocycles. The zero-order valence-electron chi connectivity index (χ0n) is 14.5. The summed E-state index contributed by atoms with van der Waals surface area (Å²) in [6, 6.07) is 2.02. The van der Waals surface area contributed by atoms with E-state index in [-0.39, 0.29) is 19.2 Å². The first-order chi connectivity index (χ1) is 11.6. The molecule has 1 saturated heterocycles. The lowest BCUT2D eigenvalue weighted by molar-refractivity contribution is -0.0300. The molecule has 0 spiro atoms. The molecule has 0 amide bonds. The molecule has 0 saturated carbocycles. The first-order valence-corrected chi connectivity index (χ1v) is 9.28. The van der Waals surface area contributed by atoms with Gasteiger partial charge in [-0.2, -0.15) is 0 Å². The van der Waals surface area contributed by atoms with Crippen LogP contribution in [-0.2, 0) is 18.6 Å². The van der Waals surface area contributed by atoms with E-state index in [1.165, 1.54) is 26.8 Å². The molecule has 5 atom stereocenters. The highest BCUT2D eigenvalue weighted by atomic mass is 31.2. The molecule has 140 valence electrons. The molecule has 1 N–H and O–H groups in total. The summed E-state index contributed by atoms with van der Waals surface area (Å²) < 4.78 is 68.2. The van der Waals surface area contributed by atoms with Gasteiger partial charge in [-0.05, 0) is 25.2 Å². The third-order valence-electron chi connectivity index (χ3n) is 3.59. The van der Waals surface area contributed by atoms with Crippen LogP contribution in [0, 0.1) is 25.2 Å². The van der Waals surface area contributed by atoms with Gasteiger partial charge in [-0.25, -0.2) is 8.78 Å². The molecule has 0 radical (unpaired) electrons. The van der Waals surface area contributed by atoms with E-state index in [0.717, 1.165) is 6.07 Å². The number of hydrogen-bond acceptors (Lipinski definition) is 5. The first-order valence-electron chi connectivity index (χ1n) is 7.40. The fraction of sp³-hybridized carbons (Fsp3) is 0.533. The van der Waals surface area contributed by atoms with E-state index in [9.17, 15) is 18.5 Å². The Labute approximate surface area is 141 Å². The lowest BCUT2D eigenvalue weighted by Gasteiger charge is -2.26. The van der Waals surface area contributed by atoms with Crippen LogP contribution in [0.25, 0.3) is 0 Å². The van der Waals surface area contributed by atoms with E-state index in [1.54, 1.807) is 0 Å². The average molecular weight is 374 g/mol. The molecule has 1 aliphatic rings. The summed E-state index contributed by atoms with van der Waals surface area (Å²) in [7, 11) is -1.73. The van der Waals surface area contributed by atoms with Gasteiger partial charge >= 0.3 is 0 Å². The highest BCUT2D eigenvalue weighted by Crippen LogP contribution is 2.47. The van der Waals surface area contributed by atoms with E-state index in [4.69, 9.17) is 18.7 Å². The molecule has 9 heteroatoms. The van der Waals surface area contributed by atoms with Gasteiger partial charge in [0.15, 0.2) is 0 Å². The first kappa shape index (κ1) is 19.4. The fourth-order valence-electron chi connectivity index (χ4n) is 2.58.